The molecular weight excluding hydrogens is 238 g/mol. The number of hydrogen-bond donors (Lipinski definition) is 1. The highest BCUT2D eigenvalue weighted by Gasteiger charge is 1.95. The summed E-state index contributed by atoms with van der Waals surface area (Å²) in [5, 5.41) is 7.60. The molecule has 0 radical (unpaired) electrons. The minimum atomic E-state index is 0. The molecule has 0 aliphatic heterocycles. The molecule has 17 heavy (non-hydrogen) atoms. The zero-order chi connectivity index (χ0) is 11.2. The van der Waals surface area contributed by atoms with Crippen molar-refractivity contribution in [1.82, 2.24) is 15.1 Å². The number of rotatable bonds is 6. The van der Waals surface area contributed by atoms with Crippen molar-refractivity contribution in [1.29, 1.82) is 0 Å². The predicted octanol–water partition coefficient (Wildman–Crippen LogP) is 2.39. The lowest BCUT2D eigenvalue weighted by Crippen LogP contribution is -2.16. The smallest absolute Gasteiger partial charge is 0.0947 e. The number of aromatic nitrogens is 2. The summed E-state index contributed by atoms with van der Waals surface area (Å²) in [5.41, 5.74) is 2.40. The van der Waals surface area contributed by atoms with E-state index in [1.807, 2.05) is 16.9 Å². The highest BCUT2D eigenvalue weighted by Crippen LogP contribution is 1.99. The van der Waals surface area contributed by atoms with Gasteiger partial charge >= 0.3 is 0 Å². The summed E-state index contributed by atoms with van der Waals surface area (Å²) < 4.78 is 6.97. The second-order valence-corrected chi connectivity index (χ2v) is 3.94. The summed E-state index contributed by atoms with van der Waals surface area (Å²) in [5.74, 6) is 0. The first kappa shape index (κ1) is 13.8. The van der Waals surface area contributed by atoms with Gasteiger partial charge in [0.25, 0.3) is 0 Å². The van der Waals surface area contributed by atoms with Gasteiger partial charge in [0.05, 0.1) is 18.7 Å². The number of halogens is 1. The molecule has 0 amide bonds. The van der Waals surface area contributed by atoms with Crippen molar-refractivity contribution in [3.63, 3.8) is 0 Å². The standard InChI is InChI=1S/C12H17N3O.ClH/c1-11-7-14-15(9-11)5-2-4-13-8-12-3-6-16-10-12;/h3,6-7,9-10,13H,2,4-5,8H2,1H3;1H. The van der Waals surface area contributed by atoms with E-state index in [1.54, 1.807) is 12.5 Å². The van der Waals surface area contributed by atoms with Gasteiger partial charge in [0.2, 0.25) is 0 Å². The van der Waals surface area contributed by atoms with Crippen LogP contribution in [0, 0.1) is 6.92 Å². The van der Waals surface area contributed by atoms with Crippen molar-refractivity contribution in [3.8, 4) is 0 Å². The van der Waals surface area contributed by atoms with Crippen LogP contribution < -0.4 is 5.32 Å². The third-order valence-corrected chi connectivity index (χ3v) is 2.41. The number of aryl methyl sites for hydroxylation is 2. The van der Waals surface area contributed by atoms with E-state index in [0.717, 1.165) is 26.1 Å². The Hall–Kier alpha value is -1.26. The molecule has 2 aromatic heterocycles. The monoisotopic (exact) mass is 255 g/mol. The molecule has 4 nitrogen and oxygen atoms in total. The molecule has 94 valence electrons. The lowest BCUT2D eigenvalue weighted by atomic mass is 10.3. The van der Waals surface area contributed by atoms with E-state index >= 15 is 0 Å². The van der Waals surface area contributed by atoms with E-state index in [9.17, 15) is 0 Å². The molecule has 0 unspecified atom stereocenters. The molecule has 0 aliphatic rings. The molecule has 2 rings (SSSR count). The zero-order valence-electron chi connectivity index (χ0n) is 9.93. The highest BCUT2D eigenvalue weighted by molar-refractivity contribution is 5.85. The minimum Gasteiger partial charge on any atom is -0.472 e. The molecule has 1 N–H and O–H groups in total. The van der Waals surface area contributed by atoms with Gasteiger partial charge in [0.1, 0.15) is 0 Å². The third kappa shape index (κ3) is 4.63. The molecule has 0 aromatic carbocycles. The van der Waals surface area contributed by atoms with Crippen LogP contribution in [0.4, 0.5) is 0 Å². The molecule has 2 heterocycles. The summed E-state index contributed by atoms with van der Waals surface area (Å²) in [6.07, 6.45) is 8.50. The SMILES string of the molecule is Cc1cnn(CCCNCc2ccoc2)c1.Cl. The van der Waals surface area contributed by atoms with Gasteiger partial charge in [-0.05, 0) is 31.5 Å². The van der Waals surface area contributed by atoms with Crippen molar-refractivity contribution in [2.24, 2.45) is 0 Å². The number of nitrogens with one attached hydrogen (secondary N) is 1. The second-order valence-electron chi connectivity index (χ2n) is 3.94. The number of furan rings is 1. The first-order valence-corrected chi connectivity index (χ1v) is 5.55. The quantitative estimate of drug-likeness (QED) is 0.806. The van der Waals surface area contributed by atoms with Crippen LogP contribution in [0.1, 0.15) is 17.5 Å². The van der Waals surface area contributed by atoms with E-state index in [4.69, 9.17) is 4.42 Å². The Morgan fingerprint density at radius 1 is 1.47 bits per heavy atom. The molecule has 2 aromatic rings. The van der Waals surface area contributed by atoms with Crippen LogP contribution in [0.3, 0.4) is 0 Å². The van der Waals surface area contributed by atoms with Crippen LogP contribution >= 0.6 is 12.4 Å². The Morgan fingerprint density at radius 3 is 3.00 bits per heavy atom. The average Bonchev–Trinajstić information content (AvgIpc) is 2.89. The van der Waals surface area contributed by atoms with Gasteiger partial charge < -0.3 is 9.73 Å². The summed E-state index contributed by atoms with van der Waals surface area (Å²) in [4.78, 5) is 0. The van der Waals surface area contributed by atoms with Crippen molar-refractivity contribution >= 4 is 12.4 Å². The average molecular weight is 256 g/mol. The van der Waals surface area contributed by atoms with E-state index in [0.29, 0.717) is 0 Å². The van der Waals surface area contributed by atoms with Gasteiger partial charge in [0.15, 0.2) is 0 Å². The van der Waals surface area contributed by atoms with Crippen LogP contribution in [0.25, 0.3) is 0 Å². The van der Waals surface area contributed by atoms with Crippen molar-refractivity contribution in [2.75, 3.05) is 6.54 Å². The lowest BCUT2D eigenvalue weighted by molar-refractivity contribution is 0.537. The molecule has 0 saturated carbocycles. The number of hydrogen-bond acceptors (Lipinski definition) is 3. The van der Waals surface area contributed by atoms with Crippen LogP contribution in [0.2, 0.25) is 0 Å². The Balaban J connectivity index is 0.00000144. The Bertz CT molecular complexity index is 411. The van der Waals surface area contributed by atoms with Crippen molar-refractivity contribution in [3.05, 3.63) is 42.1 Å². The van der Waals surface area contributed by atoms with Gasteiger partial charge in [0, 0.05) is 24.8 Å². The maximum Gasteiger partial charge on any atom is 0.0947 e. The molecule has 0 saturated heterocycles. The highest BCUT2D eigenvalue weighted by atomic mass is 35.5. The van der Waals surface area contributed by atoms with E-state index < -0.39 is 0 Å². The van der Waals surface area contributed by atoms with Crippen LogP contribution in [0.5, 0.6) is 0 Å². The summed E-state index contributed by atoms with van der Waals surface area (Å²) >= 11 is 0. The van der Waals surface area contributed by atoms with E-state index in [2.05, 4.69) is 23.5 Å². The largest absolute Gasteiger partial charge is 0.472 e. The van der Waals surface area contributed by atoms with Gasteiger partial charge in [-0.2, -0.15) is 5.10 Å². The van der Waals surface area contributed by atoms with Gasteiger partial charge in [-0.1, -0.05) is 0 Å². The molecule has 0 atom stereocenters. The fourth-order valence-electron chi connectivity index (χ4n) is 1.58. The molecule has 0 fully saturated rings. The Labute approximate surface area is 107 Å². The molecule has 0 aliphatic carbocycles. The summed E-state index contributed by atoms with van der Waals surface area (Å²) in [6, 6.07) is 1.98. The minimum absolute atomic E-state index is 0. The lowest BCUT2D eigenvalue weighted by Gasteiger charge is -2.03. The maximum absolute atomic E-state index is 4.99. The summed E-state index contributed by atoms with van der Waals surface area (Å²) in [7, 11) is 0. The predicted molar refractivity (Wildman–Crippen MR) is 69.2 cm³/mol. The molecule has 0 bridgehead atoms. The van der Waals surface area contributed by atoms with E-state index in [-0.39, 0.29) is 12.4 Å². The fraction of sp³-hybridized carbons (Fsp3) is 0.417. The fourth-order valence-corrected chi connectivity index (χ4v) is 1.58. The maximum atomic E-state index is 4.99. The molecular formula is C12H18ClN3O. The normalized spacial score (nSPS) is 10.2. The molecule has 0 spiro atoms. The first-order chi connectivity index (χ1) is 7.84. The van der Waals surface area contributed by atoms with Crippen LogP contribution in [0.15, 0.2) is 35.4 Å². The first-order valence-electron chi connectivity index (χ1n) is 5.55. The number of nitrogens with zero attached hydrogens (tertiary/aromatic N) is 2. The van der Waals surface area contributed by atoms with Gasteiger partial charge in [-0.15, -0.1) is 12.4 Å². The van der Waals surface area contributed by atoms with Crippen molar-refractivity contribution in [2.45, 2.75) is 26.4 Å². The molecule has 5 heteroatoms. The Morgan fingerprint density at radius 2 is 2.35 bits per heavy atom. The van der Waals surface area contributed by atoms with Gasteiger partial charge in [-0.25, -0.2) is 0 Å². The van der Waals surface area contributed by atoms with Gasteiger partial charge in [-0.3, -0.25) is 4.68 Å². The topological polar surface area (TPSA) is 43.0 Å². The van der Waals surface area contributed by atoms with E-state index in [1.165, 1.54) is 11.1 Å². The van der Waals surface area contributed by atoms with Crippen LogP contribution in [-0.2, 0) is 13.1 Å². The summed E-state index contributed by atoms with van der Waals surface area (Å²) in [6.45, 7) is 4.88. The van der Waals surface area contributed by atoms with Crippen molar-refractivity contribution < 1.29 is 4.42 Å². The zero-order valence-corrected chi connectivity index (χ0v) is 10.7. The third-order valence-electron chi connectivity index (χ3n) is 2.41. The second kappa shape index (κ2) is 7.14. The Kier molecular flexibility index (Phi) is 5.80. The van der Waals surface area contributed by atoms with Crippen LogP contribution in [-0.4, -0.2) is 16.3 Å².